The minimum atomic E-state index is -4.57. The van der Waals surface area contributed by atoms with Crippen LogP contribution < -0.4 is 10.6 Å². The van der Waals surface area contributed by atoms with Crippen LogP contribution in [0.1, 0.15) is 6.92 Å². The zero-order valence-corrected chi connectivity index (χ0v) is 10.8. The molecule has 0 atom stereocenters. The maximum Gasteiger partial charge on any atom is 0.341 e. The van der Waals surface area contributed by atoms with E-state index in [4.69, 9.17) is 0 Å². The van der Waals surface area contributed by atoms with E-state index >= 15 is 0 Å². The predicted molar refractivity (Wildman–Crippen MR) is 66.7 cm³/mol. The molecule has 7 heteroatoms. The van der Waals surface area contributed by atoms with Crippen molar-refractivity contribution >= 4 is 15.5 Å². The first-order valence-electron chi connectivity index (χ1n) is 5.55. The molecule has 0 aliphatic carbocycles. The summed E-state index contributed by atoms with van der Waals surface area (Å²) >= 11 is 0. The standard InChI is InChI=1S/C11H16F2N2O2S/c1-2-14-7-8-15-9-5-3-4-6-10(9)18(16,17)11(12)13/h3-6,11,14-15H,2,7-8H2,1H3. The van der Waals surface area contributed by atoms with Gasteiger partial charge in [0.2, 0.25) is 9.84 Å². The third-order valence-corrected chi connectivity index (χ3v) is 3.73. The number of hydrogen-bond donors (Lipinski definition) is 2. The number of sulfone groups is 1. The minimum Gasteiger partial charge on any atom is -0.383 e. The lowest BCUT2D eigenvalue weighted by molar-refractivity contribution is 0.235. The van der Waals surface area contributed by atoms with Crippen LogP contribution in [0, 0.1) is 0 Å². The first-order valence-corrected chi connectivity index (χ1v) is 7.10. The highest BCUT2D eigenvalue weighted by Gasteiger charge is 2.28. The molecule has 1 rings (SSSR count). The van der Waals surface area contributed by atoms with Crippen molar-refractivity contribution in [2.45, 2.75) is 17.6 Å². The molecule has 1 aromatic rings. The van der Waals surface area contributed by atoms with Crippen LogP contribution in [0.15, 0.2) is 29.2 Å². The fourth-order valence-electron chi connectivity index (χ4n) is 1.42. The van der Waals surface area contributed by atoms with E-state index in [0.717, 1.165) is 6.54 Å². The minimum absolute atomic E-state index is 0.204. The molecule has 0 fully saturated rings. The van der Waals surface area contributed by atoms with Crippen molar-refractivity contribution in [2.24, 2.45) is 0 Å². The van der Waals surface area contributed by atoms with Crippen LogP contribution in [0.2, 0.25) is 0 Å². The van der Waals surface area contributed by atoms with E-state index in [1.807, 2.05) is 6.92 Å². The molecule has 0 unspecified atom stereocenters. The molecule has 0 spiro atoms. The summed E-state index contributed by atoms with van der Waals surface area (Å²) in [6.07, 6.45) is 0. The average molecular weight is 278 g/mol. The van der Waals surface area contributed by atoms with Gasteiger partial charge in [0, 0.05) is 13.1 Å². The number of likely N-dealkylation sites (N-methyl/N-ethyl adjacent to an activating group) is 1. The molecule has 0 heterocycles. The van der Waals surface area contributed by atoms with Gasteiger partial charge in [-0.2, -0.15) is 8.78 Å². The van der Waals surface area contributed by atoms with Crippen LogP contribution in [0.25, 0.3) is 0 Å². The van der Waals surface area contributed by atoms with Crippen molar-refractivity contribution in [3.63, 3.8) is 0 Å². The Balaban J connectivity index is 2.87. The lowest BCUT2D eigenvalue weighted by Crippen LogP contribution is -2.22. The van der Waals surface area contributed by atoms with E-state index in [0.29, 0.717) is 13.1 Å². The number of rotatable bonds is 7. The third kappa shape index (κ3) is 3.64. The highest BCUT2D eigenvalue weighted by atomic mass is 32.2. The summed E-state index contributed by atoms with van der Waals surface area (Å²) in [7, 11) is -4.57. The number of nitrogens with one attached hydrogen (secondary N) is 2. The summed E-state index contributed by atoms with van der Waals surface area (Å²) < 4.78 is 47.9. The second kappa shape index (κ2) is 6.65. The van der Waals surface area contributed by atoms with E-state index < -0.39 is 15.6 Å². The zero-order chi connectivity index (χ0) is 13.6. The summed E-state index contributed by atoms with van der Waals surface area (Å²) in [5.74, 6) is -3.41. The number of anilines is 1. The molecular formula is C11H16F2N2O2S. The van der Waals surface area contributed by atoms with Crippen LogP contribution in [0.5, 0.6) is 0 Å². The molecular weight excluding hydrogens is 262 g/mol. The Morgan fingerprint density at radius 2 is 1.89 bits per heavy atom. The first-order chi connectivity index (χ1) is 8.50. The summed E-state index contributed by atoms with van der Waals surface area (Å²) in [4.78, 5) is -0.364. The molecule has 0 amide bonds. The molecule has 0 aromatic heterocycles. The summed E-state index contributed by atoms with van der Waals surface area (Å²) in [6, 6.07) is 5.67. The van der Waals surface area contributed by atoms with Crippen molar-refractivity contribution in [3.8, 4) is 0 Å². The Labute approximate surface area is 105 Å². The van der Waals surface area contributed by atoms with Gasteiger partial charge in [-0.25, -0.2) is 8.42 Å². The van der Waals surface area contributed by atoms with E-state index in [2.05, 4.69) is 10.6 Å². The van der Waals surface area contributed by atoms with Crippen LogP contribution in [-0.2, 0) is 9.84 Å². The van der Waals surface area contributed by atoms with Crippen molar-refractivity contribution in [1.82, 2.24) is 5.32 Å². The average Bonchev–Trinajstić information content (AvgIpc) is 2.35. The monoisotopic (exact) mass is 278 g/mol. The van der Waals surface area contributed by atoms with Crippen molar-refractivity contribution in [1.29, 1.82) is 0 Å². The Hall–Kier alpha value is -1.21. The molecule has 0 aliphatic rings. The summed E-state index contributed by atoms with van der Waals surface area (Å²) in [5, 5.41) is 5.87. The smallest absolute Gasteiger partial charge is 0.341 e. The van der Waals surface area contributed by atoms with Crippen molar-refractivity contribution < 1.29 is 17.2 Å². The fourth-order valence-corrected chi connectivity index (χ4v) is 2.33. The fraction of sp³-hybridized carbons (Fsp3) is 0.455. The lowest BCUT2D eigenvalue weighted by atomic mass is 10.3. The number of para-hydroxylation sites is 1. The molecule has 18 heavy (non-hydrogen) atoms. The molecule has 2 N–H and O–H groups in total. The summed E-state index contributed by atoms with van der Waals surface area (Å²) in [6.45, 7) is 3.82. The molecule has 0 radical (unpaired) electrons. The van der Waals surface area contributed by atoms with Gasteiger partial charge in [0.25, 0.3) is 0 Å². The highest BCUT2D eigenvalue weighted by Crippen LogP contribution is 2.25. The van der Waals surface area contributed by atoms with E-state index in [1.165, 1.54) is 18.2 Å². The first kappa shape index (κ1) is 14.8. The van der Waals surface area contributed by atoms with Crippen LogP contribution >= 0.6 is 0 Å². The molecule has 0 saturated carbocycles. The number of benzene rings is 1. The van der Waals surface area contributed by atoms with Gasteiger partial charge in [-0.3, -0.25) is 0 Å². The van der Waals surface area contributed by atoms with Crippen LogP contribution in [0.4, 0.5) is 14.5 Å². The van der Waals surface area contributed by atoms with Gasteiger partial charge in [0.05, 0.1) is 10.6 Å². The third-order valence-electron chi connectivity index (χ3n) is 2.30. The Morgan fingerprint density at radius 1 is 1.22 bits per heavy atom. The topological polar surface area (TPSA) is 58.2 Å². The number of hydrogen-bond acceptors (Lipinski definition) is 4. The molecule has 0 aliphatic heterocycles. The Morgan fingerprint density at radius 3 is 2.50 bits per heavy atom. The number of alkyl halides is 2. The molecule has 0 saturated heterocycles. The van der Waals surface area contributed by atoms with Gasteiger partial charge in [-0.05, 0) is 18.7 Å². The van der Waals surface area contributed by atoms with Crippen LogP contribution in [-0.4, -0.2) is 33.8 Å². The van der Waals surface area contributed by atoms with Gasteiger partial charge in [-0.1, -0.05) is 19.1 Å². The Bertz CT molecular complexity index is 478. The zero-order valence-electron chi connectivity index (χ0n) is 9.99. The lowest BCUT2D eigenvalue weighted by Gasteiger charge is -2.12. The second-order valence-electron chi connectivity index (χ2n) is 3.58. The van der Waals surface area contributed by atoms with Crippen molar-refractivity contribution in [2.75, 3.05) is 25.0 Å². The molecule has 1 aromatic carbocycles. The Kier molecular flexibility index (Phi) is 5.49. The SMILES string of the molecule is CCNCCNc1ccccc1S(=O)(=O)C(F)F. The normalized spacial score (nSPS) is 11.8. The second-order valence-corrected chi connectivity index (χ2v) is 5.47. The molecule has 0 bridgehead atoms. The van der Waals surface area contributed by atoms with Crippen molar-refractivity contribution in [3.05, 3.63) is 24.3 Å². The predicted octanol–water partition coefficient (Wildman–Crippen LogP) is 1.70. The van der Waals surface area contributed by atoms with E-state index in [-0.39, 0.29) is 10.6 Å². The quantitative estimate of drug-likeness (QED) is 0.745. The van der Waals surface area contributed by atoms with Gasteiger partial charge < -0.3 is 10.6 Å². The highest BCUT2D eigenvalue weighted by molar-refractivity contribution is 7.91. The van der Waals surface area contributed by atoms with Gasteiger partial charge in [-0.15, -0.1) is 0 Å². The van der Waals surface area contributed by atoms with Gasteiger partial charge in [0.1, 0.15) is 0 Å². The maximum atomic E-state index is 12.5. The largest absolute Gasteiger partial charge is 0.383 e. The molecule has 102 valence electrons. The summed E-state index contributed by atoms with van der Waals surface area (Å²) in [5.41, 5.74) is 0.204. The van der Waals surface area contributed by atoms with Gasteiger partial charge >= 0.3 is 5.76 Å². The number of halogens is 2. The maximum absolute atomic E-state index is 12.5. The van der Waals surface area contributed by atoms with E-state index in [9.17, 15) is 17.2 Å². The van der Waals surface area contributed by atoms with E-state index in [1.54, 1.807) is 6.07 Å². The van der Waals surface area contributed by atoms with Gasteiger partial charge in [0.15, 0.2) is 0 Å². The van der Waals surface area contributed by atoms with Crippen LogP contribution in [0.3, 0.4) is 0 Å². The molecule has 4 nitrogen and oxygen atoms in total.